The minimum atomic E-state index is -0.614. The summed E-state index contributed by atoms with van der Waals surface area (Å²) in [6, 6.07) is 3.71. The summed E-state index contributed by atoms with van der Waals surface area (Å²) in [5.74, 6) is -0.124. The van der Waals surface area contributed by atoms with Gasteiger partial charge in [0.25, 0.3) is 11.6 Å². The topological polar surface area (TPSA) is 72.2 Å². The van der Waals surface area contributed by atoms with Crippen molar-refractivity contribution < 1.29 is 9.72 Å². The number of carbonyl (C=O) groups excluding carboxylic acids is 1. The fourth-order valence-corrected chi connectivity index (χ4v) is 1.89. The fourth-order valence-electron chi connectivity index (χ4n) is 1.39. The van der Waals surface area contributed by atoms with E-state index in [1.165, 1.54) is 18.2 Å². The van der Waals surface area contributed by atoms with E-state index in [9.17, 15) is 14.9 Å². The van der Waals surface area contributed by atoms with Crippen LogP contribution in [0.2, 0.25) is 5.02 Å². The summed E-state index contributed by atoms with van der Waals surface area (Å²) in [7, 11) is 0. The second-order valence-corrected chi connectivity index (χ2v) is 4.59. The lowest BCUT2D eigenvalue weighted by atomic mass is 10.1. The zero-order valence-electron chi connectivity index (χ0n) is 9.65. The molecule has 1 rings (SSSR count). The van der Waals surface area contributed by atoms with Crippen molar-refractivity contribution in [2.24, 2.45) is 0 Å². The number of alkyl halides is 1. The highest BCUT2D eigenvalue weighted by atomic mass is 35.5. The molecular formula is C11H12Cl2N2O3. The van der Waals surface area contributed by atoms with Gasteiger partial charge < -0.3 is 5.32 Å². The molecule has 1 N–H and O–H groups in total. The molecule has 0 bridgehead atoms. The lowest BCUT2D eigenvalue weighted by Gasteiger charge is -2.12. The fraction of sp³-hybridized carbons (Fsp3) is 0.364. The largest absolute Gasteiger partial charge is 0.349 e. The van der Waals surface area contributed by atoms with Gasteiger partial charge in [0, 0.05) is 23.0 Å². The number of nitrogens with one attached hydrogen (secondary N) is 1. The lowest BCUT2D eigenvalue weighted by Crippen LogP contribution is -2.33. The van der Waals surface area contributed by atoms with Crippen LogP contribution < -0.4 is 5.32 Å². The van der Waals surface area contributed by atoms with Crippen LogP contribution in [0.25, 0.3) is 0 Å². The van der Waals surface area contributed by atoms with Crippen molar-refractivity contribution in [3.8, 4) is 0 Å². The molecule has 1 unspecified atom stereocenters. The number of benzene rings is 1. The molecule has 0 saturated carbocycles. The van der Waals surface area contributed by atoms with Gasteiger partial charge in [-0.25, -0.2) is 0 Å². The third-order valence-corrected chi connectivity index (χ3v) is 2.77. The third-order valence-electron chi connectivity index (χ3n) is 2.32. The van der Waals surface area contributed by atoms with Crippen LogP contribution in [0.4, 0.5) is 5.69 Å². The lowest BCUT2D eigenvalue weighted by molar-refractivity contribution is -0.385. The molecule has 1 aromatic carbocycles. The maximum atomic E-state index is 11.9. The molecule has 0 spiro atoms. The highest BCUT2D eigenvalue weighted by Gasteiger charge is 2.21. The van der Waals surface area contributed by atoms with Crippen LogP contribution in [0, 0.1) is 10.1 Å². The van der Waals surface area contributed by atoms with Crippen molar-refractivity contribution in [3.05, 3.63) is 38.9 Å². The Bertz CT molecular complexity index is 466. The Labute approximate surface area is 114 Å². The van der Waals surface area contributed by atoms with Crippen molar-refractivity contribution in [2.75, 3.05) is 5.88 Å². The number of carbonyl (C=O) groups is 1. The number of amides is 1. The van der Waals surface area contributed by atoms with E-state index >= 15 is 0 Å². The summed E-state index contributed by atoms with van der Waals surface area (Å²) in [6.45, 7) is 1.77. The number of rotatable bonds is 5. The molecule has 0 aliphatic heterocycles. The van der Waals surface area contributed by atoms with Crippen molar-refractivity contribution in [1.82, 2.24) is 5.32 Å². The van der Waals surface area contributed by atoms with Gasteiger partial charge in [-0.1, -0.05) is 11.6 Å². The van der Waals surface area contributed by atoms with Crippen molar-refractivity contribution in [2.45, 2.75) is 19.4 Å². The molecule has 0 radical (unpaired) electrons. The van der Waals surface area contributed by atoms with Gasteiger partial charge in [0.15, 0.2) is 0 Å². The highest BCUT2D eigenvalue weighted by Crippen LogP contribution is 2.22. The molecule has 1 amide bonds. The van der Waals surface area contributed by atoms with Crippen LogP contribution in [0.1, 0.15) is 23.7 Å². The molecule has 1 aromatic rings. The Morgan fingerprint density at radius 3 is 2.78 bits per heavy atom. The number of halogens is 2. The maximum absolute atomic E-state index is 11.9. The normalized spacial score (nSPS) is 11.9. The molecule has 98 valence electrons. The molecule has 0 aliphatic carbocycles. The Kier molecular flexibility index (Phi) is 5.37. The third kappa shape index (κ3) is 3.85. The Morgan fingerprint density at radius 2 is 2.22 bits per heavy atom. The monoisotopic (exact) mass is 290 g/mol. The first-order valence-electron chi connectivity index (χ1n) is 5.26. The molecule has 0 fully saturated rings. The summed E-state index contributed by atoms with van der Waals surface area (Å²) in [4.78, 5) is 22.1. The van der Waals surface area contributed by atoms with Gasteiger partial charge in [0.05, 0.1) is 4.92 Å². The summed E-state index contributed by atoms with van der Waals surface area (Å²) in [6.07, 6.45) is 0.585. The Balaban J connectivity index is 2.97. The van der Waals surface area contributed by atoms with Crippen LogP contribution in [-0.2, 0) is 0 Å². The number of hydrogen-bond acceptors (Lipinski definition) is 3. The van der Waals surface area contributed by atoms with Crippen LogP contribution in [0.15, 0.2) is 18.2 Å². The van der Waals surface area contributed by atoms with Gasteiger partial charge in [-0.2, -0.15) is 0 Å². The van der Waals surface area contributed by atoms with Gasteiger partial charge >= 0.3 is 0 Å². The average Bonchev–Trinajstić information content (AvgIpc) is 2.28. The zero-order valence-corrected chi connectivity index (χ0v) is 11.2. The smallest absolute Gasteiger partial charge is 0.282 e. The molecule has 0 saturated heterocycles. The van der Waals surface area contributed by atoms with Crippen LogP contribution in [0.3, 0.4) is 0 Å². The molecule has 7 heteroatoms. The zero-order chi connectivity index (χ0) is 13.7. The van der Waals surface area contributed by atoms with Crippen LogP contribution >= 0.6 is 23.2 Å². The summed E-state index contributed by atoms with van der Waals surface area (Å²) in [5, 5.41) is 13.7. The predicted octanol–water partition coefficient (Wildman–Crippen LogP) is 3.00. The van der Waals surface area contributed by atoms with Gasteiger partial charge in [-0.15, -0.1) is 11.6 Å². The van der Waals surface area contributed by atoms with E-state index in [1.807, 2.05) is 0 Å². The molecule has 0 heterocycles. The minimum absolute atomic E-state index is 0.0473. The summed E-state index contributed by atoms with van der Waals surface area (Å²) < 4.78 is 0. The van der Waals surface area contributed by atoms with Crippen molar-refractivity contribution >= 4 is 34.8 Å². The van der Waals surface area contributed by atoms with E-state index in [0.717, 1.165) is 0 Å². The van der Waals surface area contributed by atoms with E-state index in [4.69, 9.17) is 23.2 Å². The number of nitrogens with zero attached hydrogens (tertiary/aromatic N) is 1. The minimum Gasteiger partial charge on any atom is -0.349 e. The standard InChI is InChI=1S/C11H12Cl2N2O3/c1-7(4-5-12)14-11(16)9-6-8(13)2-3-10(9)15(17)18/h2-3,6-7H,4-5H2,1H3,(H,14,16). The van der Waals surface area contributed by atoms with Gasteiger partial charge in [-0.05, 0) is 25.5 Å². The first-order valence-corrected chi connectivity index (χ1v) is 6.17. The molecule has 18 heavy (non-hydrogen) atoms. The van der Waals surface area contributed by atoms with E-state index in [1.54, 1.807) is 6.92 Å². The quantitative estimate of drug-likeness (QED) is 0.515. The molecular weight excluding hydrogens is 279 g/mol. The Hall–Kier alpha value is -1.33. The van der Waals surface area contributed by atoms with Crippen molar-refractivity contribution in [1.29, 1.82) is 0 Å². The number of nitro benzene ring substituents is 1. The molecule has 0 aromatic heterocycles. The highest BCUT2D eigenvalue weighted by molar-refractivity contribution is 6.31. The van der Waals surface area contributed by atoms with E-state index in [2.05, 4.69) is 5.32 Å². The average molecular weight is 291 g/mol. The first kappa shape index (κ1) is 14.7. The first-order chi connectivity index (χ1) is 8.45. The van der Waals surface area contributed by atoms with Gasteiger partial charge in [0.1, 0.15) is 5.56 Å². The van der Waals surface area contributed by atoms with E-state index < -0.39 is 10.8 Å². The number of nitro groups is 1. The van der Waals surface area contributed by atoms with Gasteiger partial charge in [0.2, 0.25) is 0 Å². The van der Waals surface area contributed by atoms with E-state index in [0.29, 0.717) is 12.3 Å². The second-order valence-electron chi connectivity index (χ2n) is 3.77. The van der Waals surface area contributed by atoms with Crippen molar-refractivity contribution in [3.63, 3.8) is 0 Å². The summed E-state index contributed by atoms with van der Waals surface area (Å²) in [5.41, 5.74) is -0.316. The van der Waals surface area contributed by atoms with E-state index in [-0.39, 0.29) is 22.3 Å². The number of hydrogen-bond donors (Lipinski definition) is 1. The molecule has 1 atom stereocenters. The Morgan fingerprint density at radius 1 is 1.56 bits per heavy atom. The predicted molar refractivity (Wildman–Crippen MR) is 70.4 cm³/mol. The maximum Gasteiger partial charge on any atom is 0.282 e. The van der Waals surface area contributed by atoms with Crippen LogP contribution in [-0.4, -0.2) is 22.8 Å². The molecule has 0 aliphatic rings. The van der Waals surface area contributed by atoms with Gasteiger partial charge in [-0.3, -0.25) is 14.9 Å². The van der Waals surface area contributed by atoms with Crippen LogP contribution in [0.5, 0.6) is 0 Å². The molecule has 5 nitrogen and oxygen atoms in total. The second kappa shape index (κ2) is 6.56. The SMILES string of the molecule is CC(CCCl)NC(=O)c1cc(Cl)ccc1[N+](=O)[O-]. The summed E-state index contributed by atoms with van der Waals surface area (Å²) >= 11 is 11.3.